The summed E-state index contributed by atoms with van der Waals surface area (Å²) >= 11 is 5.90. The molecule has 19 heavy (non-hydrogen) atoms. The lowest BCUT2D eigenvalue weighted by Gasteiger charge is -2.22. The van der Waals surface area contributed by atoms with Gasteiger partial charge in [-0.1, -0.05) is 17.5 Å². The highest BCUT2D eigenvalue weighted by Gasteiger charge is 2.38. The highest BCUT2D eigenvalue weighted by Crippen LogP contribution is 2.37. The van der Waals surface area contributed by atoms with Crippen molar-refractivity contribution in [2.75, 3.05) is 12.8 Å². The van der Waals surface area contributed by atoms with Gasteiger partial charge < -0.3 is 4.90 Å². The minimum Gasteiger partial charge on any atom is -0.327 e. The van der Waals surface area contributed by atoms with Gasteiger partial charge in [0.25, 0.3) is 5.91 Å². The summed E-state index contributed by atoms with van der Waals surface area (Å²) in [5.41, 5.74) is 0.557. The van der Waals surface area contributed by atoms with E-state index in [2.05, 4.69) is 11.8 Å². The average molecular weight is 298 g/mol. The second-order valence-corrected chi connectivity index (χ2v) is 6.71. The molecule has 2 rings (SSSR count). The van der Waals surface area contributed by atoms with Crippen molar-refractivity contribution < 1.29 is 13.2 Å². The summed E-state index contributed by atoms with van der Waals surface area (Å²) < 4.78 is 24.1. The van der Waals surface area contributed by atoms with Crippen LogP contribution in [-0.2, 0) is 14.6 Å². The molecule has 0 saturated heterocycles. The molecule has 1 heterocycles. The predicted molar refractivity (Wildman–Crippen MR) is 72.5 cm³/mol. The molecule has 0 fully saturated rings. The Morgan fingerprint density at radius 3 is 2.79 bits per heavy atom. The van der Waals surface area contributed by atoms with Gasteiger partial charge in [-0.25, -0.2) is 8.42 Å². The van der Waals surface area contributed by atoms with E-state index in [1.807, 2.05) is 0 Å². The number of fused-ring (bicyclic) bond motifs is 1. The molecule has 0 aliphatic carbocycles. The standard InChI is InChI=1S/C13H12ClNO3S/c1-3-4-13(16)15(2)11-8-19(17,18)12-6-5-9(14)7-10(11)12/h5-7,11H,8H2,1-2H3. The van der Waals surface area contributed by atoms with Crippen molar-refractivity contribution >= 4 is 27.3 Å². The van der Waals surface area contributed by atoms with Crippen molar-refractivity contribution in [3.05, 3.63) is 28.8 Å². The van der Waals surface area contributed by atoms with E-state index in [-0.39, 0.29) is 10.6 Å². The Bertz CT molecular complexity index is 700. The Morgan fingerprint density at radius 2 is 2.16 bits per heavy atom. The highest BCUT2D eigenvalue weighted by molar-refractivity contribution is 7.91. The number of amides is 1. The maximum absolute atomic E-state index is 12.0. The van der Waals surface area contributed by atoms with Gasteiger partial charge in [0.2, 0.25) is 0 Å². The Kier molecular flexibility index (Phi) is 3.57. The molecule has 1 aromatic rings. The molecule has 0 bridgehead atoms. The van der Waals surface area contributed by atoms with Gasteiger partial charge in [-0.05, 0) is 36.6 Å². The van der Waals surface area contributed by atoms with E-state index in [1.54, 1.807) is 20.0 Å². The Labute approximate surface area is 117 Å². The molecule has 1 aromatic carbocycles. The zero-order valence-corrected chi connectivity index (χ0v) is 12.0. The van der Waals surface area contributed by atoms with E-state index in [0.29, 0.717) is 10.6 Å². The van der Waals surface area contributed by atoms with Crippen molar-refractivity contribution in [1.29, 1.82) is 0 Å². The topological polar surface area (TPSA) is 54.5 Å². The van der Waals surface area contributed by atoms with Crippen LogP contribution in [0, 0.1) is 11.8 Å². The maximum Gasteiger partial charge on any atom is 0.298 e. The number of nitrogens with zero attached hydrogens (tertiary/aromatic N) is 1. The molecule has 6 heteroatoms. The molecular weight excluding hydrogens is 286 g/mol. The number of benzene rings is 1. The molecule has 0 radical (unpaired) electrons. The molecule has 1 aliphatic rings. The van der Waals surface area contributed by atoms with Crippen LogP contribution in [0.1, 0.15) is 18.5 Å². The largest absolute Gasteiger partial charge is 0.327 e. The number of hydrogen-bond acceptors (Lipinski definition) is 3. The normalized spacial score (nSPS) is 19.2. The van der Waals surface area contributed by atoms with Crippen LogP contribution in [0.4, 0.5) is 0 Å². The zero-order valence-electron chi connectivity index (χ0n) is 10.5. The van der Waals surface area contributed by atoms with Gasteiger partial charge in [-0.2, -0.15) is 0 Å². The quantitative estimate of drug-likeness (QED) is 0.741. The van der Waals surface area contributed by atoms with E-state index in [9.17, 15) is 13.2 Å². The highest BCUT2D eigenvalue weighted by atomic mass is 35.5. The minimum absolute atomic E-state index is 0.129. The van der Waals surface area contributed by atoms with Crippen LogP contribution in [0.3, 0.4) is 0 Å². The molecule has 0 aromatic heterocycles. The smallest absolute Gasteiger partial charge is 0.298 e. The molecule has 1 amide bonds. The first-order chi connectivity index (χ1) is 8.86. The molecule has 4 nitrogen and oxygen atoms in total. The van der Waals surface area contributed by atoms with Crippen LogP contribution in [-0.4, -0.2) is 32.0 Å². The lowest BCUT2D eigenvalue weighted by atomic mass is 10.1. The van der Waals surface area contributed by atoms with Crippen molar-refractivity contribution in [2.45, 2.75) is 17.9 Å². The van der Waals surface area contributed by atoms with Gasteiger partial charge in [0.05, 0.1) is 16.7 Å². The third-order valence-electron chi connectivity index (χ3n) is 3.06. The minimum atomic E-state index is -3.37. The first kappa shape index (κ1) is 13.9. The Balaban J connectivity index is 2.49. The van der Waals surface area contributed by atoms with Crippen LogP contribution >= 0.6 is 11.6 Å². The van der Waals surface area contributed by atoms with Gasteiger partial charge in [0.15, 0.2) is 9.84 Å². The van der Waals surface area contributed by atoms with Crippen molar-refractivity contribution in [3.63, 3.8) is 0 Å². The third kappa shape index (κ3) is 2.46. The first-order valence-corrected chi connectivity index (χ1v) is 7.61. The zero-order chi connectivity index (χ0) is 14.2. The summed E-state index contributed by atoms with van der Waals surface area (Å²) in [7, 11) is -1.82. The number of sulfone groups is 1. The average Bonchev–Trinajstić information content (AvgIpc) is 2.60. The summed E-state index contributed by atoms with van der Waals surface area (Å²) in [5.74, 6) is 4.38. The molecule has 100 valence electrons. The van der Waals surface area contributed by atoms with Gasteiger partial charge in [-0.15, -0.1) is 0 Å². The van der Waals surface area contributed by atoms with Crippen LogP contribution in [0.25, 0.3) is 0 Å². The SMILES string of the molecule is CC#CC(=O)N(C)C1CS(=O)(=O)c2ccc(Cl)cc21. The van der Waals surface area contributed by atoms with Crippen LogP contribution in [0.5, 0.6) is 0 Å². The second-order valence-electron chi connectivity index (χ2n) is 4.27. The maximum atomic E-state index is 12.0. The lowest BCUT2D eigenvalue weighted by molar-refractivity contribution is -0.125. The monoisotopic (exact) mass is 297 g/mol. The number of rotatable bonds is 1. The number of halogens is 1. The van der Waals surface area contributed by atoms with Gasteiger partial charge in [0, 0.05) is 12.1 Å². The van der Waals surface area contributed by atoms with E-state index in [0.717, 1.165) is 0 Å². The summed E-state index contributed by atoms with van der Waals surface area (Å²) in [6.45, 7) is 1.56. The van der Waals surface area contributed by atoms with Gasteiger partial charge in [-0.3, -0.25) is 4.79 Å². The van der Waals surface area contributed by atoms with E-state index >= 15 is 0 Å². The van der Waals surface area contributed by atoms with Crippen LogP contribution in [0.2, 0.25) is 5.02 Å². The molecule has 1 aliphatic heterocycles. The summed E-state index contributed by atoms with van der Waals surface area (Å²) in [5, 5.41) is 0.447. The first-order valence-electron chi connectivity index (χ1n) is 5.58. The summed E-state index contributed by atoms with van der Waals surface area (Å²) in [4.78, 5) is 13.3. The molecule has 1 atom stereocenters. The van der Waals surface area contributed by atoms with Gasteiger partial charge in [0.1, 0.15) is 0 Å². The van der Waals surface area contributed by atoms with E-state index in [4.69, 9.17) is 11.6 Å². The third-order valence-corrected chi connectivity index (χ3v) is 5.09. The molecule has 0 spiro atoms. The lowest BCUT2D eigenvalue weighted by Crippen LogP contribution is -2.31. The van der Waals surface area contributed by atoms with Crippen molar-refractivity contribution in [2.24, 2.45) is 0 Å². The number of hydrogen-bond donors (Lipinski definition) is 0. The molecule has 1 unspecified atom stereocenters. The van der Waals surface area contributed by atoms with Crippen molar-refractivity contribution in [1.82, 2.24) is 4.90 Å². The fraction of sp³-hybridized carbons (Fsp3) is 0.308. The number of carbonyl (C=O) groups excluding carboxylic acids is 1. The second kappa shape index (κ2) is 4.87. The molecular formula is C13H12ClNO3S. The van der Waals surface area contributed by atoms with Crippen molar-refractivity contribution in [3.8, 4) is 11.8 Å². The summed E-state index contributed by atoms with van der Waals surface area (Å²) in [6, 6.07) is 4.08. The molecule has 0 saturated carbocycles. The Morgan fingerprint density at radius 1 is 1.47 bits per heavy atom. The fourth-order valence-corrected chi connectivity index (χ4v) is 4.12. The predicted octanol–water partition coefficient (Wildman–Crippen LogP) is 1.65. The molecule has 0 N–H and O–H groups in total. The van der Waals surface area contributed by atoms with Crippen LogP contribution < -0.4 is 0 Å². The fourth-order valence-electron chi connectivity index (χ4n) is 2.11. The van der Waals surface area contributed by atoms with E-state index < -0.39 is 21.8 Å². The van der Waals surface area contributed by atoms with E-state index in [1.165, 1.54) is 17.0 Å². The van der Waals surface area contributed by atoms with Gasteiger partial charge >= 0.3 is 0 Å². The summed E-state index contributed by atoms with van der Waals surface area (Å²) in [6.07, 6.45) is 0. The Hall–Kier alpha value is -1.51. The van der Waals surface area contributed by atoms with Crippen LogP contribution in [0.15, 0.2) is 23.1 Å². The number of carbonyl (C=O) groups is 1.